The number of hydrogen-bond donors (Lipinski definition) is 1. The van der Waals surface area contributed by atoms with Crippen molar-refractivity contribution in [3.63, 3.8) is 0 Å². The van der Waals surface area contributed by atoms with Gasteiger partial charge in [-0.15, -0.1) is 0 Å². The van der Waals surface area contributed by atoms with Crippen LogP contribution in [0.5, 0.6) is 0 Å². The molecule has 1 unspecified atom stereocenters. The summed E-state index contributed by atoms with van der Waals surface area (Å²) in [5.74, 6) is 0.319. The van der Waals surface area contributed by atoms with Gasteiger partial charge in [-0.05, 0) is 0 Å². The minimum atomic E-state index is -1.67. The summed E-state index contributed by atoms with van der Waals surface area (Å²) >= 11 is 5.67. The Hall–Kier alpha value is -1.56. The van der Waals surface area contributed by atoms with E-state index in [2.05, 4.69) is 20.0 Å². The average Bonchev–Trinajstić information content (AvgIpc) is 2.52. The number of rotatable bonds is 1. The molecule has 2 heterocycles. The van der Waals surface area contributed by atoms with Crippen LogP contribution in [0.25, 0.3) is 0 Å². The molecule has 2 rings (SSSR count). The second-order valence-corrected chi connectivity index (χ2v) is 2.97. The maximum Gasteiger partial charge on any atom is 0.286 e. The minimum absolute atomic E-state index is 0.0737. The predicted molar refractivity (Wildman–Crippen MR) is 49.6 cm³/mol. The molecule has 0 aliphatic carbocycles. The Kier molecular flexibility index (Phi) is 1.53. The Morgan fingerprint density at radius 2 is 2.31 bits per heavy atom. The quantitative estimate of drug-likeness (QED) is 0.343. The summed E-state index contributed by atoms with van der Waals surface area (Å²) in [4.78, 5) is 25.5. The summed E-state index contributed by atoms with van der Waals surface area (Å²) in [7, 11) is 0. The zero-order chi connectivity index (χ0) is 9.47. The number of hydrogen-bond acceptors (Lipinski definition) is 6. The van der Waals surface area contributed by atoms with E-state index in [1.165, 1.54) is 6.34 Å². The van der Waals surface area contributed by atoms with E-state index in [9.17, 15) is 4.79 Å². The average molecular weight is 198 g/mol. The van der Waals surface area contributed by atoms with Crippen molar-refractivity contribution in [2.45, 2.75) is 5.12 Å². The molecule has 0 amide bonds. The van der Waals surface area contributed by atoms with Gasteiger partial charge in [0.25, 0.3) is 5.12 Å². The van der Waals surface area contributed by atoms with Gasteiger partial charge in [-0.25, -0.2) is 20.0 Å². The van der Waals surface area contributed by atoms with Crippen LogP contribution < -0.4 is 5.73 Å². The van der Waals surface area contributed by atoms with Crippen LogP contribution in [-0.2, 0) is 4.79 Å². The van der Waals surface area contributed by atoms with Crippen molar-refractivity contribution in [3.8, 4) is 0 Å². The monoisotopic (exact) mass is 197 g/mol. The van der Waals surface area contributed by atoms with E-state index >= 15 is 0 Å². The SMILES string of the molecule is NC1=NC(Cl)(C=O)N=C2N=CN=C12. The maximum atomic E-state index is 10.5. The number of carbonyl (C=O) groups is 1. The van der Waals surface area contributed by atoms with Crippen LogP contribution >= 0.6 is 11.6 Å². The number of amidine groups is 2. The molecule has 0 spiro atoms. The molecule has 2 aliphatic rings. The third kappa shape index (κ3) is 1.15. The molecule has 0 saturated heterocycles. The number of nitrogens with zero attached hydrogens (tertiary/aromatic N) is 4. The van der Waals surface area contributed by atoms with Crippen LogP contribution in [0.1, 0.15) is 0 Å². The molecule has 13 heavy (non-hydrogen) atoms. The predicted octanol–water partition coefficient (Wildman–Crippen LogP) is -0.670. The summed E-state index contributed by atoms with van der Waals surface area (Å²) in [6, 6.07) is 0. The molecular formula is C6H4ClN5O. The Bertz CT molecular complexity index is 396. The highest BCUT2D eigenvalue weighted by atomic mass is 35.5. The van der Waals surface area contributed by atoms with Gasteiger partial charge in [0.1, 0.15) is 6.34 Å². The Balaban J connectivity index is 2.53. The summed E-state index contributed by atoms with van der Waals surface area (Å²) < 4.78 is 0. The largest absolute Gasteiger partial charge is 0.382 e. The lowest BCUT2D eigenvalue weighted by Gasteiger charge is -2.16. The van der Waals surface area contributed by atoms with Gasteiger partial charge in [0.05, 0.1) is 0 Å². The maximum absolute atomic E-state index is 10.5. The number of aliphatic imine (C=N–C) groups is 4. The molecule has 2 N–H and O–H groups in total. The Morgan fingerprint density at radius 1 is 1.54 bits per heavy atom. The molecule has 0 aromatic heterocycles. The zero-order valence-electron chi connectivity index (χ0n) is 6.31. The van der Waals surface area contributed by atoms with Crippen LogP contribution in [0.4, 0.5) is 0 Å². The first kappa shape index (κ1) is 8.06. The highest BCUT2D eigenvalue weighted by Gasteiger charge is 2.34. The summed E-state index contributed by atoms with van der Waals surface area (Å²) in [5.41, 5.74) is 5.85. The lowest BCUT2D eigenvalue weighted by Crippen LogP contribution is -2.38. The van der Waals surface area contributed by atoms with Crippen molar-refractivity contribution in [1.82, 2.24) is 0 Å². The van der Waals surface area contributed by atoms with E-state index in [1.807, 2.05) is 0 Å². The first-order valence-corrected chi connectivity index (χ1v) is 3.74. The van der Waals surface area contributed by atoms with Crippen LogP contribution in [-0.4, -0.2) is 35.1 Å². The molecule has 66 valence electrons. The highest BCUT2D eigenvalue weighted by molar-refractivity contribution is 6.71. The van der Waals surface area contributed by atoms with Crippen LogP contribution in [0, 0.1) is 0 Å². The molecule has 0 bridgehead atoms. The first-order chi connectivity index (χ1) is 6.14. The van der Waals surface area contributed by atoms with Crippen molar-refractivity contribution >= 4 is 41.6 Å². The van der Waals surface area contributed by atoms with Gasteiger partial charge in [-0.3, -0.25) is 4.79 Å². The lowest BCUT2D eigenvalue weighted by molar-refractivity contribution is -0.109. The minimum Gasteiger partial charge on any atom is -0.382 e. The molecule has 0 aromatic rings. The van der Waals surface area contributed by atoms with Crippen molar-refractivity contribution in [2.75, 3.05) is 0 Å². The number of halogens is 1. The van der Waals surface area contributed by atoms with Gasteiger partial charge < -0.3 is 5.73 Å². The fraction of sp³-hybridized carbons (Fsp3) is 0.167. The molecular weight excluding hydrogens is 194 g/mol. The molecule has 0 fully saturated rings. The number of carbonyl (C=O) groups excluding carboxylic acids is 1. The molecule has 2 aliphatic heterocycles. The van der Waals surface area contributed by atoms with E-state index in [4.69, 9.17) is 17.3 Å². The summed E-state index contributed by atoms with van der Waals surface area (Å²) in [6.45, 7) is 0. The third-order valence-corrected chi connectivity index (χ3v) is 1.77. The molecule has 0 aromatic carbocycles. The Labute approximate surface area is 77.9 Å². The van der Waals surface area contributed by atoms with Gasteiger partial charge >= 0.3 is 0 Å². The van der Waals surface area contributed by atoms with Crippen molar-refractivity contribution in [3.05, 3.63) is 0 Å². The smallest absolute Gasteiger partial charge is 0.286 e. The van der Waals surface area contributed by atoms with Crippen LogP contribution in [0.2, 0.25) is 0 Å². The normalized spacial score (nSPS) is 30.4. The van der Waals surface area contributed by atoms with Crippen LogP contribution in [0.3, 0.4) is 0 Å². The van der Waals surface area contributed by atoms with Gasteiger partial charge in [0.15, 0.2) is 23.7 Å². The van der Waals surface area contributed by atoms with Crippen molar-refractivity contribution < 1.29 is 4.79 Å². The lowest BCUT2D eigenvalue weighted by atomic mass is 10.3. The van der Waals surface area contributed by atoms with Gasteiger partial charge in [0.2, 0.25) is 0 Å². The third-order valence-electron chi connectivity index (χ3n) is 1.51. The van der Waals surface area contributed by atoms with E-state index in [0.29, 0.717) is 12.0 Å². The van der Waals surface area contributed by atoms with E-state index in [0.717, 1.165) is 0 Å². The zero-order valence-corrected chi connectivity index (χ0v) is 7.06. The molecule has 0 radical (unpaired) electrons. The van der Waals surface area contributed by atoms with Gasteiger partial charge in [0, 0.05) is 0 Å². The molecule has 6 nitrogen and oxygen atoms in total. The van der Waals surface area contributed by atoms with Crippen molar-refractivity contribution in [1.29, 1.82) is 0 Å². The van der Waals surface area contributed by atoms with E-state index in [-0.39, 0.29) is 11.7 Å². The molecule has 7 heteroatoms. The second-order valence-electron chi connectivity index (χ2n) is 2.41. The van der Waals surface area contributed by atoms with E-state index in [1.54, 1.807) is 0 Å². The number of aldehydes is 1. The number of nitrogens with two attached hydrogens (primary N) is 1. The van der Waals surface area contributed by atoms with Gasteiger partial charge in [-0.2, -0.15) is 0 Å². The fourth-order valence-electron chi connectivity index (χ4n) is 0.971. The second kappa shape index (κ2) is 2.46. The summed E-state index contributed by atoms with van der Waals surface area (Å²) in [6.07, 6.45) is 1.67. The number of fused-ring (bicyclic) bond motifs is 1. The number of alkyl halides is 1. The standard InChI is InChI=1S/C6H4ClN5O/c7-6(1-13)11-4(8)3-5(12-6)10-2-9-3/h1-2H,(H2,8,11). The molecule has 1 atom stereocenters. The topological polar surface area (TPSA) is 92.5 Å². The Morgan fingerprint density at radius 3 is 3.00 bits per heavy atom. The first-order valence-electron chi connectivity index (χ1n) is 3.36. The van der Waals surface area contributed by atoms with Gasteiger partial charge in [-0.1, -0.05) is 11.6 Å². The molecule has 0 saturated carbocycles. The fourth-order valence-corrected chi connectivity index (χ4v) is 1.14. The van der Waals surface area contributed by atoms with Crippen LogP contribution in [0.15, 0.2) is 20.0 Å². The summed E-state index contributed by atoms with van der Waals surface area (Å²) in [5, 5.41) is -1.67. The van der Waals surface area contributed by atoms with Crippen molar-refractivity contribution in [2.24, 2.45) is 25.7 Å². The van der Waals surface area contributed by atoms with E-state index < -0.39 is 5.12 Å². The highest BCUT2D eigenvalue weighted by Crippen LogP contribution is 2.21.